The van der Waals surface area contributed by atoms with Crippen molar-refractivity contribution in [1.29, 1.82) is 0 Å². The van der Waals surface area contributed by atoms with Gasteiger partial charge in [0.25, 0.3) is 0 Å². The summed E-state index contributed by atoms with van der Waals surface area (Å²) in [5, 5.41) is 5.28. The molecular formula is C19H24N2OS. The summed E-state index contributed by atoms with van der Waals surface area (Å²) >= 11 is 1.79. The van der Waals surface area contributed by atoms with Crippen LogP contribution in [0.2, 0.25) is 0 Å². The molecule has 1 aromatic carbocycles. The minimum absolute atomic E-state index is 0.0361. The monoisotopic (exact) mass is 328 g/mol. The molecular weight excluding hydrogens is 304 g/mol. The largest absolute Gasteiger partial charge is 0.348 e. The number of carbonyl (C=O) groups is 1. The lowest BCUT2D eigenvalue weighted by atomic mass is 10.1. The van der Waals surface area contributed by atoms with E-state index in [1.165, 1.54) is 4.88 Å². The molecule has 4 heteroatoms. The zero-order chi connectivity index (χ0) is 16.2. The van der Waals surface area contributed by atoms with Crippen LogP contribution in [0.1, 0.15) is 49.2 Å². The SMILES string of the molecule is CC(NC(=O)C(C)N1CCCC1c1cccs1)c1ccccc1. The Labute approximate surface area is 142 Å². The number of thiophene rings is 1. The molecule has 1 saturated heterocycles. The van der Waals surface area contributed by atoms with Crippen LogP contribution in [-0.2, 0) is 4.79 Å². The highest BCUT2D eigenvalue weighted by molar-refractivity contribution is 7.10. The van der Waals surface area contributed by atoms with Gasteiger partial charge < -0.3 is 5.32 Å². The highest BCUT2D eigenvalue weighted by atomic mass is 32.1. The van der Waals surface area contributed by atoms with Gasteiger partial charge in [-0.15, -0.1) is 11.3 Å². The lowest BCUT2D eigenvalue weighted by molar-refractivity contribution is -0.126. The lowest BCUT2D eigenvalue weighted by Crippen LogP contribution is -2.45. The highest BCUT2D eigenvalue weighted by Crippen LogP contribution is 2.35. The maximum atomic E-state index is 12.7. The van der Waals surface area contributed by atoms with E-state index in [0.29, 0.717) is 6.04 Å². The predicted molar refractivity (Wildman–Crippen MR) is 95.5 cm³/mol. The molecule has 1 fully saturated rings. The molecule has 2 heterocycles. The van der Waals surface area contributed by atoms with Crippen molar-refractivity contribution in [3.63, 3.8) is 0 Å². The van der Waals surface area contributed by atoms with Gasteiger partial charge in [-0.1, -0.05) is 36.4 Å². The van der Waals surface area contributed by atoms with Crippen LogP contribution in [0.3, 0.4) is 0 Å². The van der Waals surface area contributed by atoms with Crippen molar-refractivity contribution in [2.75, 3.05) is 6.54 Å². The molecule has 1 aliphatic heterocycles. The number of likely N-dealkylation sites (tertiary alicyclic amines) is 1. The third-order valence-electron chi connectivity index (χ3n) is 4.70. The van der Waals surface area contributed by atoms with E-state index in [9.17, 15) is 4.79 Å². The van der Waals surface area contributed by atoms with E-state index in [1.54, 1.807) is 11.3 Å². The number of nitrogens with one attached hydrogen (secondary N) is 1. The van der Waals surface area contributed by atoms with Gasteiger partial charge in [0.2, 0.25) is 5.91 Å². The molecule has 3 rings (SSSR count). The highest BCUT2D eigenvalue weighted by Gasteiger charge is 2.33. The van der Waals surface area contributed by atoms with Crippen LogP contribution >= 0.6 is 11.3 Å². The molecule has 0 bridgehead atoms. The van der Waals surface area contributed by atoms with Crippen LogP contribution in [0.4, 0.5) is 0 Å². The van der Waals surface area contributed by atoms with Crippen molar-refractivity contribution in [3.05, 3.63) is 58.3 Å². The zero-order valence-corrected chi connectivity index (χ0v) is 14.6. The van der Waals surface area contributed by atoms with Gasteiger partial charge in [0.15, 0.2) is 0 Å². The summed E-state index contributed by atoms with van der Waals surface area (Å²) in [5.74, 6) is 0.116. The molecule has 3 atom stereocenters. The van der Waals surface area contributed by atoms with Crippen LogP contribution in [-0.4, -0.2) is 23.4 Å². The maximum Gasteiger partial charge on any atom is 0.237 e. The molecule has 3 unspecified atom stereocenters. The Morgan fingerprint density at radius 3 is 2.70 bits per heavy atom. The van der Waals surface area contributed by atoms with Gasteiger partial charge in [-0.2, -0.15) is 0 Å². The Morgan fingerprint density at radius 1 is 1.22 bits per heavy atom. The second-order valence-corrected chi connectivity index (χ2v) is 7.21. The van der Waals surface area contributed by atoms with E-state index in [2.05, 4.69) is 39.9 Å². The molecule has 1 aliphatic rings. The Morgan fingerprint density at radius 2 is 2.00 bits per heavy atom. The van der Waals surface area contributed by atoms with Crippen molar-refractivity contribution >= 4 is 17.2 Å². The maximum absolute atomic E-state index is 12.7. The van der Waals surface area contributed by atoms with Gasteiger partial charge >= 0.3 is 0 Å². The van der Waals surface area contributed by atoms with Crippen molar-refractivity contribution in [2.45, 2.75) is 44.8 Å². The average molecular weight is 328 g/mol. The van der Waals surface area contributed by atoms with Gasteiger partial charge in [0, 0.05) is 10.9 Å². The number of amides is 1. The van der Waals surface area contributed by atoms with E-state index >= 15 is 0 Å². The molecule has 0 radical (unpaired) electrons. The van der Waals surface area contributed by atoms with Gasteiger partial charge in [0.1, 0.15) is 0 Å². The van der Waals surface area contributed by atoms with Crippen LogP contribution in [0.5, 0.6) is 0 Å². The molecule has 122 valence electrons. The van der Waals surface area contributed by atoms with E-state index in [-0.39, 0.29) is 18.0 Å². The molecule has 1 N–H and O–H groups in total. The van der Waals surface area contributed by atoms with Gasteiger partial charge in [0.05, 0.1) is 12.1 Å². The Bertz CT molecular complexity index is 626. The number of carbonyl (C=O) groups excluding carboxylic acids is 1. The first-order valence-corrected chi connectivity index (χ1v) is 9.19. The summed E-state index contributed by atoms with van der Waals surface area (Å²) in [6, 6.07) is 14.7. The Hall–Kier alpha value is -1.65. The Kier molecular flexibility index (Phi) is 5.13. The number of hydrogen-bond acceptors (Lipinski definition) is 3. The average Bonchev–Trinajstić information content (AvgIpc) is 3.25. The van der Waals surface area contributed by atoms with Crippen molar-refractivity contribution in [1.82, 2.24) is 10.2 Å². The molecule has 3 nitrogen and oxygen atoms in total. The summed E-state index contributed by atoms with van der Waals surface area (Å²) in [6.45, 7) is 5.07. The fraction of sp³-hybridized carbons (Fsp3) is 0.421. The van der Waals surface area contributed by atoms with Crippen LogP contribution in [0.25, 0.3) is 0 Å². The van der Waals surface area contributed by atoms with Crippen molar-refractivity contribution in [2.24, 2.45) is 0 Å². The third kappa shape index (κ3) is 3.65. The second kappa shape index (κ2) is 7.28. The fourth-order valence-corrected chi connectivity index (χ4v) is 4.23. The van der Waals surface area contributed by atoms with E-state index in [0.717, 1.165) is 24.9 Å². The van der Waals surface area contributed by atoms with Crippen LogP contribution in [0.15, 0.2) is 47.8 Å². The molecule has 23 heavy (non-hydrogen) atoms. The minimum atomic E-state index is -0.101. The first kappa shape index (κ1) is 16.2. The topological polar surface area (TPSA) is 32.3 Å². The zero-order valence-electron chi connectivity index (χ0n) is 13.7. The lowest BCUT2D eigenvalue weighted by Gasteiger charge is -2.30. The van der Waals surface area contributed by atoms with Gasteiger partial charge in [-0.05, 0) is 50.2 Å². The van der Waals surface area contributed by atoms with E-state index < -0.39 is 0 Å². The van der Waals surface area contributed by atoms with E-state index in [1.807, 2.05) is 32.0 Å². The number of nitrogens with zero attached hydrogens (tertiary/aromatic N) is 1. The van der Waals surface area contributed by atoms with Gasteiger partial charge in [-0.3, -0.25) is 9.69 Å². The standard InChI is InChI=1S/C19H24N2OS/c1-14(16-8-4-3-5-9-16)20-19(22)15(2)21-12-6-10-17(21)18-11-7-13-23-18/h3-5,7-9,11,13-15,17H,6,10,12H2,1-2H3,(H,20,22). The van der Waals surface area contributed by atoms with Crippen molar-refractivity contribution in [3.8, 4) is 0 Å². The predicted octanol–water partition coefficient (Wildman–Crippen LogP) is 4.15. The second-order valence-electron chi connectivity index (χ2n) is 6.23. The summed E-state index contributed by atoms with van der Waals surface area (Å²) in [5.41, 5.74) is 1.14. The van der Waals surface area contributed by atoms with Crippen molar-refractivity contribution < 1.29 is 4.79 Å². The number of rotatable bonds is 5. The molecule has 1 amide bonds. The molecule has 2 aromatic rings. The minimum Gasteiger partial charge on any atom is -0.348 e. The summed E-state index contributed by atoms with van der Waals surface area (Å²) in [6.07, 6.45) is 2.31. The van der Waals surface area contributed by atoms with Gasteiger partial charge in [-0.25, -0.2) is 0 Å². The fourth-order valence-electron chi connectivity index (χ4n) is 3.35. The molecule has 0 saturated carbocycles. The quantitative estimate of drug-likeness (QED) is 0.894. The first-order chi connectivity index (χ1) is 11.2. The first-order valence-electron chi connectivity index (χ1n) is 8.31. The number of hydrogen-bond donors (Lipinski definition) is 1. The smallest absolute Gasteiger partial charge is 0.237 e. The van der Waals surface area contributed by atoms with Crippen LogP contribution in [0, 0.1) is 0 Å². The summed E-state index contributed by atoms with van der Waals surface area (Å²) < 4.78 is 0. The number of benzene rings is 1. The molecule has 0 aliphatic carbocycles. The summed E-state index contributed by atoms with van der Waals surface area (Å²) in [7, 11) is 0. The Balaban J connectivity index is 1.65. The van der Waals surface area contributed by atoms with E-state index in [4.69, 9.17) is 0 Å². The molecule has 0 spiro atoms. The van der Waals surface area contributed by atoms with Crippen LogP contribution < -0.4 is 5.32 Å². The summed E-state index contributed by atoms with van der Waals surface area (Å²) in [4.78, 5) is 16.4. The third-order valence-corrected chi connectivity index (χ3v) is 5.67. The normalized spacial score (nSPS) is 21.0. The molecule has 1 aromatic heterocycles.